The van der Waals surface area contributed by atoms with E-state index in [1.165, 1.54) is 21.6 Å². The highest BCUT2D eigenvalue weighted by atomic mass is 35.5. The number of carboxylic acid groups (broad SMARTS) is 1. The lowest BCUT2D eigenvalue weighted by Gasteiger charge is -2.31. The summed E-state index contributed by atoms with van der Waals surface area (Å²) in [6, 6.07) is 2.35. The van der Waals surface area contributed by atoms with Gasteiger partial charge in [0.1, 0.15) is 10.8 Å². The molecular formula is C25H25ClF3N5O4. The zero-order valence-electron chi connectivity index (χ0n) is 20.4. The van der Waals surface area contributed by atoms with Crippen LogP contribution in [0.15, 0.2) is 29.2 Å². The summed E-state index contributed by atoms with van der Waals surface area (Å²) in [5, 5.41) is 18.3. The molecule has 2 aromatic heterocycles. The van der Waals surface area contributed by atoms with E-state index in [2.05, 4.69) is 10.2 Å². The van der Waals surface area contributed by atoms with E-state index < -0.39 is 41.6 Å². The summed E-state index contributed by atoms with van der Waals surface area (Å²) in [6.07, 6.45) is 0.832. The second kappa shape index (κ2) is 10.4. The molecule has 0 bridgehead atoms. The second-order valence-corrected chi connectivity index (χ2v) is 9.74. The predicted molar refractivity (Wildman–Crippen MR) is 131 cm³/mol. The molecule has 202 valence electrons. The van der Waals surface area contributed by atoms with Crippen molar-refractivity contribution in [2.75, 3.05) is 18.1 Å². The molecule has 3 aromatic rings. The van der Waals surface area contributed by atoms with Gasteiger partial charge in [-0.3, -0.25) is 9.48 Å². The zero-order chi connectivity index (χ0) is 27.1. The maximum Gasteiger partial charge on any atom is 0.356 e. The Morgan fingerprint density at radius 1 is 1.26 bits per heavy atom. The van der Waals surface area contributed by atoms with Crippen LogP contribution in [-0.2, 0) is 17.7 Å². The first-order chi connectivity index (χ1) is 18.2. The maximum absolute atomic E-state index is 13.7. The Morgan fingerprint density at radius 2 is 2.05 bits per heavy atom. The van der Waals surface area contributed by atoms with Gasteiger partial charge in [0.25, 0.3) is 12.0 Å². The van der Waals surface area contributed by atoms with E-state index in [-0.39, 0.29) is 22.8 Å². The van der Waals surface area contributed by atoms with Gasteiger partial charge in [-0.05, 0) is 43.9 Å². The highest BCUT2D eigenvalue weighted by Gasteiger charge is 2.32. The standard InChI is InChI=1S/C25H25ClF3N5O4/c1-13(15-6-5-14(27)10-16(15)23(28)29)33-18-7-8-32(12-17(18)22(31-33)25(36)37)19-11-30-34(24(35)21(19)26)20-4-2-3-9-38-20/h5-6,10-11,13,20,23H,2-4,7-9,12H2,1H3,(H,36,37). The van der Waals surface area contributed by atoms with Crippen LogP contribution in [0, 0.1) is 5.82 Å². The molecule has 0 saturated carbocycles. The van der Waals surface area contributed by atoms with Gasteiger partial charge in [-0.25, -0.2) is 18.0 Å². The van der Waals surface area contributed by atoms with Gasteiger partial charge in [0, 0.05) is 42.9 Å². The number of alkyl halides is 2. The number of halogens is 4. The molecule has 9 nitrogen and oxygen atoms in total. The highest BCUT2D eigenvalue weighted by molar-refractivity contribution is 6.33. The third-order valence-corrected chi connectivity index (χ3v) is 7.44. The summed E-state index contributed by atoms with van der Waals surface area (Å²) in [4.78, 5) is 26.8. The average molecular weight is 552 g/mol. The number of nitrogens with zero attached hydrogens (tertiary/aromatic N) is 5. The summed E-state index contributed by atoms with van der Waals surface area (Å²) in [5.74, 6) is -2.07. The molecule has 1 aromatic carbocycles. The van der Waals surface area contributed by atoms with E-state index in [0.29, 0.717) is 42.9 Å². The number of carbonyl (C=O) groups is 1. The third-order valence-electron chi connectivity index (χ3n) is 7.08. The molecular weight excluding hydrogens is 527 g/mol. The van der Waals surface area contributed by atoms with Crippen molar-refractivity contribution in [1.82, 2.24) is 19.6 Å². The molecule has 4 heterocycles. The summed E-state index contributed by atoms with van der Waals surface area (Å²) < 4.78 is 49.3. The molecule has 0 radical (unpaired) electrons. The van der Waals surface area contributed by atoms with Gasteiger partial charge < -0.3 is 14.7 Å². The number of anilines is 1. The smallest absolute Gasteiger partial charge is 0.356 e. The molecule has 2 atom stereocenters. The van der Waals surface area contributed by atoms with E-state index >= 15 is 0 Å². The van der Waals surface area contributed by atoms with Crippen molar-refractivity contribution in [1.29, 1.82) is 0 Å². The van der Waals surface area contributed by atoms with Crippen LogP contribution in [-0.4, -0.2) is 43.8 Å². The molecule has 2 unspecified atom stereocenters. The highest BCUT2D eigenvalue weighted by Crippen LogP contribution is 2.35. The summed E-state index contributed by atoms with van der Waals surface area (Å²) in [5.41, 5.74) is 0.231. The number of aromatic nitrogens is 4. The van der Waals surface area contributed by atoms with Crippen LogP contribution in [0.2, 0.25) is 5.02 Å². The number of ether oxygens (including phenoxy) is 1. The quantitative estimate of drug-likeness (QED) is 0.472. The fraction of sp³-hybridized carbons (Fsp3) is 0.440. The van der Waals surface area contributed by atoms with Crippen LogP contribution < -0.4 is 10.5 Å². The Kier molecular flexibility index (Phi) is 7.19. The van der Waals surface area contributed by atoms with E-state index in [1.54, 1.807) is 11.8 Å². The Morgan fingerprint density at radius 3 is 2.74 bits per heavy atom. The maximum atomic E-state index is 13.7. The number of fused-ring (bicyclic) bond motifs is 1. The van der Waals surface area contributed by atoms with Crippen molar-refractivity contribution in [3.05, 3.63) is 73.7 Å². The van der Waals surface area contributed by atoms with Crippen molar-refractivity contribution < 1.29 is 27.8 Å². The Balaban J connectivity index is 1.49. The van der Waals surface area contributed by atoms with Crippen LogP contribution in [0.3, 0.4) is 0 Å². The molecule has 13 heteroatoms. The van der Waals surface area contributed by atoms with Crippen molar-refractivity contribution >= 4 is 23.3 Å². The minimum absolute atomic E-state index is 0.0526. The van der Waals surface area contributed by atoms with Crippen LogP contribution in [0.25, 0.3) is 0 Å². The monoisotopic (exact) mass is 551 g/mol. The summed E-state index contributed by atoms with van der Waals surface area (Å²) >= 11 is 6.47. The van der Waals surface area contributed by atoms with E-state index in [1.807, 2.05) is 0 Å². The van der Waals surface area contributed by atoms with Crippen LogP contribution in [0.1, 0.15) is 77.8 Å². The molecule has 2 aliphatic rings. The van der Waals surface area contributed by atoms with Gasteiger partial charge in [0.05, 0.1) is 17.9 Å². The minimum atomic E-state index is -2.92. The van der Waals surface area contributed by atoms with Crippen molar-refractivity contribution in [3.8, 4) is 0 Å². The van der Waals surface area contributed by atoms with Gasteiger partial charge in [0.2, 0.25) is 0 Å². The third kappa shape index (κ3) is 4.66. The number of hydrogen-bond donors (Lipinski definition) is 1. The molecule has 0 amide bonds. The number of rotatable bonds is 6. The van der Waals surface area contributed by atoms with Crippen LogP contribution >= 0.6 is 11.6 Å². The average Bonchev–Trinajstić information content (AvgIpc) is 3.29. The summed E-state index contributed by atoms with van der Waals surface area (Å²) in [7, 11) is 0. The molecule has 1 fully saturated rings. The summed E-state index contributed by atoms with van der Waals surface area (Å²) in [6.45, 7) is 2.56. The Hall–Kier alpha value is -3.38. The fourth-order valence-corrected chi connectivity index (χ4v) is 5.42. The molecule has 0 aliphatic carbocycles. The topological polar surface area (TPSA) is 102 Å². The molecule has 2 aliphatic heterocycles. The second-order valence-electron chi connectivity index (χ2n) is 9.36. The van der Waals surface area contributed by atoms with Crippen molar-refractivity contribution in [3.63, 3.8) is 0 Å². The molecule has 5 rings (SSSR count). The molecule has 38 heavy (non-hydrogen) atoms. The fourth-order valence-electron chi connectivity index (χ4n) is 5.17. The van der Waals surface area contributed by atoms with Crippen LogP contribution in [0.5, 0.6) is 0 Å². The SMILES string of the molecule is CC(c1ccc(F)cc1C(F)F)n1nc(C(=O)O)c2c1CCN(c1cnn(C3CCCCO3)c(=O)c1Cl)C2. The number of benzene rings is 1. The normalized spacial score (nSPS) is 18.5. The lowest BCUT2D eigenvalue weighted by atomic mass is 10.00. The van der Waals surface area contributed by atoms with E-state index in [0.717, 1.165) is 25.0 Å². The van der Waals surface area contributed by atoms with Crippen molar-refractivity contribution in [2.45, 2.75) is 57.8 Å². The lowest BCUT2D eigenvalue weighted by Crippen LogP contribution is -2.36. The van der Waals surface area contributed by atoms with Crippen LogP contribution in [0.4, 0.5) is 18.9 Å². The van der Waals surface area contributed by atoms with E-state index in [4.69, 9.17) is 16.3 Å². The van der Waals surface area contributed by atoms with Gasteiger partial charge in [-0.2, -0.15) is 14.9 Å². The first-order valence-corrected chi connectivity index (χ1v) is 12.6. The first-order valence-electron chi connectivity index (χ1n) is 12.2. The van der Waals surface area contributed by atoms with Crippen molar-refractivity contribution in [2.24, 2.45) is 0 Å². The largest absolute Gasteiger partial charge is 0.476 e. The minimum Gasteiger partial charge on any atom is -0.476 e. The number of aromatic carboxylic acids is 1. The predicted octanol–water partition coefficient (Wildman–Crippen LogP) is 4.74. The van der Waals surface area contributed by atoms with Gasteiger partial charge >= 0.3 is 5.97 Å². The lowest BCUT2D eigenvalue weighted by molar-refractivity contribution is -0.0424. The molecule has 1 N–H and O–H groups in total. The van der Waals surface area contributed by atoms with Gasteiger partial charge in [-0.15, -0.1) is 0 Å². The number of carboxylic acids is 1. The Labute approximate surface area is 220 Å². The first kappa shape index (κ1) is 26.2. The van der Waals surface area contributed by atoms with Gasteiger partial charge in [0.15, 0.2) is 11.9 Å². The van der Waals surface area contributed by atoms with Gasteiger partial charge in [-0.1, -0.05) is 17.7 Å². The molecule has 0 spiro atoms. The number of hydrogen-bond acceptors (Lipinski definition) is 6. The van der Waals surface area contributed by atoms with E-state index in [9.17, 15) is 27.9 Å². The zero-order valence-corrected chi connectivity index (χ0v) is 21.2. The Bertz CT molecular complexity index is 1440. The molecule has 1 saturated heterocycles.